The van der Waals surface area contributed by atoms with Crippen LogP contribution in [0.25, 0.3) is 21.5 Å². The van der Waals surface area contributed by atoms with Gasteiger partial charge in [0, 0.05) is 10.8 Å². The minimum absolute atomic E-state index is 0.0473. The number of benzene rings is 1. The van der Waals surface area contributed by atoms with Gasteiger partial charge in [-0.15, -0.1) is 22.9 Å². The van der Waals surface area contributed by atoms with Crippen LogP contribution in [-0.2, 0) is 0 Å². The van der Waals surface area contributed by atoms with Crippen LogP contribution < -0.4 is 0 Å². The number of halogens is 1. The fraction of sp³-hybridized carbons (Fsp3) is 0.143. The van der Waals surface area contributed by atoms with Crippen LogP contribution in [0, 0.1) is 6.92 Å². The van der Waals surface area contributed by atoms with Crippen molar-refractivity contribution in [1.82, 2.24) is 4.98 Å². The minimum atomic E-state index is -0.158. The lowest BCUT2D eigenvalue weighted by molar-refractivity contribution is 0.101. The Morgan fingerprint density at radius 1 is 1.42 bits per heavy atom. The van der Waals surface area contributed by atoms with Gasteiger partial charge in [-0.25, -0.2) is 4.98 Å². The Morgan fingerprint density at radius 2 is 2.21 bits per heavy atom. The summed E-state index contributed by atoms with van der Waals surface area (Å²) in [5, 5.41) is 3.54. The number of furan rings is 1. The van der Waals surface area contributed by atoms with E-state index in [1.165, 1.54) is 11.3 Å². The zero-order chi connectivity index (χ0) is 13.4. The standard InChI is InChI=1S/C14H10ClNO2S/c1-8-13(9-4-2-3-5-12(9)18-8)14-16-10(7-19-14)11(17)6-15/h2-5,7H,6H2,1H3. The molecular weight excluding hydrogens is 282 g/mol. The number of fused-ring (bicyclic) bond motifs is 1. The highest BCUT2D eigenvalue weighted by Crippen LogP contribution is 2.35. The lowest BCUT2D eigenvalue weighted by Crippen LogP contribution is -2.00. The van der Waals surface area contributed by atoms with E-state index in [1.54, 1.807) is 5.38 Å². The van der Waals surface area contributed by atoms with Crippen LogP contribution in [0.2, 0.25) is 0 Å². The number of carbonyl (C=O) groups is 1. The van der Waals surface area contributed by atoms with E-state index in [0.717, 1.165) is 27.3 Å². The van der Waals surface area contributed by atoms with Gasteiger partial charge in [0.15, 0.2) is 5.78 Å². The molecule has 0 aliphatic carbocycles. The lowest BCUT2D eigenvalue weighted by Gasteiger charge is -1.94. The number of thiazole rings is 1. The van der Waals surface area contributed by atoms with Gasteiger partial charge >= 0.3 is 0 Å². The largest absolute Gasteiger partial charge is 0.461 e. The van der Waals surface area contributed by atoms with Crippen LogP contribution in [-0.4, -0.2) is 16.6 Å². The van der Waals surface area contributed by atoms with Crippen molar-refractivity contribution in [2.45, 2.75) is 6.92 Å². The lowest BCUT2D eigenvalue weighted by atomic mass is 10.1. The molecule has 0 atom stereocenters. The highest BCUT2D eigenvalue weighted by atomic mass is 35.5. The smallest absolute Gasteiger partial charge is 0.196 e. The van der Waals surface area contributed by atoms with E-state index in [1.807, 2.05) is 31.2 Å². The molecule has 0 spiro atoms. The molecule has 3 aromatic rings. The zero-order valence-electron chi connectivity index (χ0n) is 10.1. The van der Waals surface area contributed by atoms with Crippen LogP contribution in [0.1, 0.15) is 16.2 Å². The minimum Gasteiger partial charge on any atom is -0.461 e. The molecule has 3 nitrogen and oxygen atoms in total. The van der Waals surface area contributed by atoms with Crippen molar-refractivity contribution in [2.24, 2.45) is 0 Å². The summed E-state index contributed by atoms with van der Waals surface area (Å²) in [6.07, 6.45) is 0. The molecule has 19 heavy (non-hydrogen) atoms. The number of rotatable bonds is 3. The van der Waals surface area contributed by atoms with Gasteiger partial charge in [-0.1, -0.05) is 18.2 Å². The van der Waals surface area contributed by atoms with Gasteiger partial charge < -0.3 is 4.42 Å². The van der Waals surface area contributed by atoms with E-state index < -0.39 is 0 Å². The Labute approximate surface area is 118 Å². The summed E-state index contributed by atoms with van der Waals surface area (Å²) in [5.41, 5.74) is 2.20. The van der Waals surface area contributed by atoms with Gasteiger partial charge in [0.25, 0.3) is 0 Å². The van der Waals surface area contributed by atoms with Crippen molar-refractivity contribution in [3.63, 3.8) is 0 Å². The number of ketones is 1. The second kappa shape index (κ2) is 4.79. The van der Waals surface area contributed by atoms with Gasteiger partial charge in [0.1, 0.15) is 22.0 Å². The molecule has 0 aliphatic heterocycles. The average Bonchev–Trinajstić information content (AvgIpc) is 3.00. The molecule has 1 aromatic carbocycles. The predicted octanol–water partition coefficient (Wildman–Crippen LogP) is 4.29. The summed E-state index contributed by atoms with van der Waals surface area (Å²) in [4.78, 5) is 15.9. The summed E-state index contributed by atoms with van der Waals surface area (Å²) < 4.78 is 5.71. The van der Waals surface area contributed by atoms with Crippen LogP contribution in [0.15, 0.2) is 34.1 Å². The number of hydrogen-bond donors (Lipinski definition) is 0. The number of aryl methyl sites for hydroxylation is 1. The number of hydrogen-bond acceptors (Lipinski definition) is 4. The van der Waals surface area contributed by atoms with E-state index in [4.69, 9.17) is 16.0 Å². The molecule has 0 saturated heterocycles. The molecule has 0 amide bonds. The average molecular weight is 292 g/mol. The number of aromatic nitrogens is 1. The van der Waals surface area contributed by atoms with Gasteiger partial charge in [0.2, 0.25) is 0 Å². The van der Waals surface area contributed by atoms with Crippen molar-refractivity contribution in [2.75, 3.05) is 5.88 Å². The molecule has 3 rings (SSSR count). The molecular formula is C14H10ClNO2S. The molecule has 0 N–H and O–H groups in total. The third-order valence-electron chi connectivity index (χ3n) is 2.90. The highest BCUT2D eigenvalue weighted by Gasteiger charge is 2.17. The number of nitrogens with zero attached hydrogens (tertiary/aromatic N) is 1. The van der Waals surface area contributed by atoms with E-state index >= 15 is 0 Å². The monoisotopic (exact) mass is 291 g/mol. The third-order valence-corrected chi connectivity index (χ3v) is 4.00. The summed E-state index contributed by atoms with van der Waals surface area (Å²) in [6.45, 7) is 1.90. The Balaban J connectivity index is 2.16. The first-order chi connectivity index (χ1) is 9.20. The fourth-order valence-electron chi connectivity index (χ4n) is 2.02. The van der Waals surface area contributed by atoms with Crippen molar-refractivity contribution >= 4 is 39.7 Å². The first-order valence-electron chi connectivity index (χ1n) is 5.74. The maximum Gasteiger partial charge on any atom is 0.196 e. The van der Waals surface area contributed by atoms with E-state index in [-0.39, 0.29) is 11.7 Å². The predicted molar refractivity (Wildman–Crippen MR) is 77.1 cm³/mol. The molecule has 0 unspecified atom stereocenters. The van der Waals surface area contributed by atoms with Gasteiger partial charge in [-0.3, -0.25) is 4.79 Å². The summed E-state index contributed by atoms with van der Waals surface area (Å²) in [7, 11) is 0. The molecule has 96 valence electrons. The highest BCUT2D eigenvalue weighted by molar-refractivity contribution is 7.13. The third kappa shape index (κ3) is 2.07. The normalized spacial score (nSPS) is 11.1. The molecule has 2 aromatic heterocycles. The molecule has 0 saturated carbocycles. The first kappa shape index (κ1) is 12.4. The fourth-order valence-corrected chi connectivity index (χ4v) is 3.09. The molecule has 0 bridgehead atoms. The van der Waals surface area contributed by atoms with Gasteiger partial charge in [-0.05, 0) is 13.0 Å². The molecule has 2 heterocycles. The topological polar surface area (TPSA) is 43.1 Å². The second-order valence-corrected chi connectivity index (χ2v) is 5.25. The maximum absolute atomic E-state index is 11.5. The quantitative estimate of drug-likeness (QED) is 0.534. The molecule has 0 fully saturated rings. The van der Waals surface area contributed by atoms with Gasteiger partial charge in [0.05, 0.1) is 11.4 Å². The van der Waals surface area contributed by atoms with Crippen LogP contribution in [0.4, 0.5) is 0 Å². The summed E-state index contributed by atoms with van der Waals surface area (Å²) in [5.74, 6) is 0.601. The van der Waals surface area contributed by atoms with Crippen molar-refractivity contribution in [3.05, 3.63) is 41.1 Å². The van der Waals surface area contributed by atoms with Crippen molar-refractivity contribution < 1.29 is 9.21 Å². The second-order valence-electron chi connectivity index (χ2n) is 4.12. The van der Waals surface area contributed by atoms with Crippen molar-refractivity contribution in [1.29, 1.82) is 0 Å². The maximum atomic E-state index is 11.5. The number of alkyl halides is 1. The Kier molecular flexibility index (Phi) is 3.12. The Hall–Kier alpha value is -1.65. The Morgan fingerprint density at radius 3 is 3.00 bits per heavy atom. The van der Waals surface area contributed by atoms with Crippen LogP contribution in [0.5, 0.6) is 0 Å². The van der Waals surface area contributed by atoms with E-state index in [2.05, 4.69) is 4.98 Å². The van der Waals surface area contributed by atoms with Gasteiger partial charge in [-0.2, -0.15) is 0 Å². The molecule has 0 radical (unpaired) electrons. The van der Waals surface area contributed by atoms with Crippen LogP contribution in [0.3, 0.4) is 0 Å². The summed E-state index contributed by atoms with van der Waals surface area (Å²) in [6, 6.07) is 7.80. The van der Waals surface area contributed by atoms with Crippen molar-refractivity contribution in [3.8, 4) is 10.6 Å². The number of carbonyl (C=O) groups excluding carboxylic acids is 1. The summed E-state index contributed by atoms with van der Waals surface area (Å²) >= 11 is 6.97. The Bertz CT molecular complexity index is 760. The molecule has 5 heteroatoms. The SMILES string of the molecule is Cc1oc2ccccc2c1-c1nc(C(=O)CCl)cs1. The zero-order valence-corrected chi connectivity index (χ0v) is 11.7. The van der Waals surface area contributed by atoms with Crippen LogP contribution >= 0.6 is 22.9 Å². The number of para-hydroxylation sites is 1. The number of Topliss-reactive ketones (excluding diaryl/α,β-unsaturated/α-hetero) is 1. The molecule has 0 aliphatic rings. The van der Waals surface area contributed by atoms with E-state index in [0.29, 0.717) is 5.69 Å². The first-order valence-corrected chi connectivity index (χ1v) is 7.15. The van der Waals surface area contributed by atoms with E-state index in [9.17, 15) is 4.79 Å².